The first-order valence-electron chi connectivity index (χ1n) is 7.67. The van der Waals surface area contributed by atoms with E-state index in [1.807, 2.05) is 0 Å². The van der Waals surface area contributed by atoms with E-state index in [0.29, 0.717) is 0 Å². The van der Waals surface area contributed by atoms with Gasteiger partial charge in [-0.1, -0.05) is 11.6 Å². The van der Waals surface area contributed by atoms with E-state index in [0.717, 1.165) is 0 Å². The highest BCUT2D eigenvalue weighted by Crippen LogP contribution is 2.52. The molecular weight excluding hydrogens is 364 g/mol. The highest BCUT2D eigenvalue weighted by molar-refractivity contribution is 6.33. The van der Waals surface area contributed by atoms with Crippen LogP contribution in [0.5, 0.6) is 17.2 Å². The van der Waals surface area contributed by atoms with Gasteiger partial charge in [0.25, 0.3) is 6.29 Å². The molecule has 2 aliphatic rings. The molecule has 3 heterocycles. The Bertz CT molecular complexity index is 1200. The van der Waals surface area contributed by atoms with Gasteiger partial charge in [0.15, 0.2) is 11.4 Å². The van der Waals surface area contributed by atoms with Crippen molar-refractivity contribution in [3.8, 4) is 17.2 Å². The second-order valence-electron chi connectivity index (χ2n) is 6.07. The Labute approximate surface area is 150 Å². The zero-order valence-corrected chi connectivity index (χ0v) is 14.0. The fraction of sp³-hybridized carbons (Fsp3) is 0.167. The van der Waals surface area contributed by atoms with Crippen LogP contribution in [0.3, 0.4) is 0 Å². The van der Waals surface area contributed by atoms with Gasteiger partial charge in [-0.25, -0.2) is 0 Å². The van der Waals surface area contributed by atoms with Crippen molar-refractivity contribution in [2.24, 2.45) is 0 Å². The van der Waals surface area contributed by atoms with E-state index in [1.54, 1.807) is 12.1 Å². The minimum absolute atomic E-state index is 0.0522. The number of benzene rings is 2. The zero-order chi connectivity index (χ0) is 18.2. The number of methoxy groups -OCH3 is 1. The molecule has 3 aromatic rings. The van der Waals surface area contributed by atoms with Crippen LogP contribution >= 0.6 is 11.6 Å². The molecular formula is C18H11ClO7. The number of rotatable bonds is 1. The van der Waals surface area contributed by atoms with Crippen molar-refractivity contribution >= 4 is 33.5 Å². The van der Waals surface area contributed by atoms with Crippen molar-refractivity contribution in [3.05, 3.63) is 51.3 Å². The molecule has 2 atom stereocenters. The number of halogens is 1. The quantitative estimate of drug-likeness (QED) is 0.632. The van der Waals surface area contributed by atoms with Crippen LogP contribution in [0, 0.1) is 0 Å². The van der Waals surface area contributed by atoms with Crippen molar-refractivity contribution in [2.45, 2.75) is 11.9 Å². The van der Waals surface area contributed by atoms with E-state index < -0.39 is 23.1 Å². The smallest absolute Gasteiger partial charge is 0.277 e. The standard InChI is InChI=1S/C18H11ClO7/c1-23-16-7(19)2-3-8-12(16)14(20)11-9(25-8)6-10-13(15(11)21)18(22)4-5-24-17(18)26-10/h2-6,17,21-22H,1H3/t17-,18-/m1/s1. The predicted molar refractivity (Wildman–Crippen MR) is 91.8 cm³/mol. The van der Waals surface area contributed by atoms with Gasteiger partial charge in [0.1, 0.15) is 33.4 Å². The lowest BCUT2D eigenvalue weighted by molar-refractivity contribution is -0.110. The summed E-state index contributed by atoms with van der Waals surface area (Å²) in [6.07, 6.45) is 1.60. The topological polar surface area (TPSA) is 98.4 Å². The predicted octanol–water partition coefficient (Wildman–Crippen LogP) is 2.76. The minimum Gasteiger partial charge on any atom is -0.506 e. The third-order valence-corrected chi connectivity index (χ3v) is 4.99. The highest BCUT2D eigenvalue weighted by Gasteiger charge is 2.53. The summed E-state index contributed by atoms with van der Waals surface area (Å²) < 4.78 is 21.7. The van der Waals surface area contributed by atoms with Crippen LogP contribution in [-0.2, 0) is 10.3 Å². The second kappa shape index (κ2) is 4.84. The first kappa shape index (κ1) is 15.4. The fourth-order valence-corrected chi connectivity index (χ4v) is 3.75. The Morgan fingerprint density at radius 1 is 1.27 bits per heavy atom. The Kier molecular flexibility index (Phi) is 2.86. The summed E-state index contributed by atoms with van der Waals surface area (Å²) in [5, 5.41) is 21.8. The number of phenolic OH excluding ortho intramolecular Hbond substituents is 1. The Hall–Kier alpha value is -2.90. The Balaban J connectivity index is 1.95. The molecule has 132 valence electrons. The first-order valence-corrected chi connectivity index (χ1v) is 8.05. The molecule has 0 radical (unpaired) electrons. The molecule has 2 aromatic carbocycles. The summed E-state index contributed by atoms with van der Waals surface area (Å²) in [4.78, 5) is 13.1. The number of hydrogen-bond acceptors (Lipinski definition) is 7. The van der Waals surface area contributed by atoms with Crippen molar-refractivity contribution in [1.29, 1.82) is 0 Å². The zero-order valence-electron chi connectivity index (χ0n) is 13.3. The molecule has 0 fully saturated rings. The van der Waals surface area contributed by atoms with Gasteiger partial charge in [-0.3, -0.25) is 4.79 Å². The maximum Gasteiger partial charge on any atom is 0.277 e. The van der Waals surface area contributed by atoms with Crippen LogP contribution in [0.4, 0.5) is 0 Å². The van der Waals surface area contributed by atoms with E-state index in [9.17, 15) is 15.0 Å². The largest absolute Gasteiger partial charge is 0.506 e. The summed E-state index contributed by atoms with van der Waals surface area (Å²) in [6, 6.07) is 4.53. The number of aromatic hydroxyl groups is 1. The number of phenols is 1. The van der Waals surface area contributed by atoms with Gasteiger partial charge < -0.3 is 28.8 Å². The van der Waals surface area contributed by atoms with Crippen LogP contribution in [0.25, 0.3) is 21.9 Å². The molecule has 0 aliphatic carbocycles. The van der Waals surface area contributed by atoms with E-state index in [2.05, 4.69) is 0 Å². The number of aliphatic hydroxyl groups is 1. The van der Waals surface area contributed by atoms with E-state index >= 15 is 0 Å². The monoisotopic (exact) mass is 374 g/mol. The van der Waals surface area contributed by atoms with Gasteiger partial charge >= 0.3 is 0 Å². The molecule has 5 rings (SSSR count). The molecule has 0 spiro atoms. The molecule has 1 aromatic heterocycles. The van der Waals surface area contributed by atoms with Crippen LogP contribution in [-0.4, -0.2) is 23.6 Å². The molecule has 8 heteroatoms. The fourth-order valence-electron chi connectivity index (χ4n) is 3.51. The molecule has 0 amide bonds. The summed E-state index contributed by atoms with van der Waals surface area (Å²) in [7, 11) is 1.38. The molecule has 26 heavy (non-hydrogen) atoms. The summed E-state index contributed by atoms with van der Waals surface area (Å²) in [6.45, 7) is 0. The van der Waals surface area contributed by atoms with Gasteiger partial charge in [-0.2, -0.15) is 0 Å². The van der Waals surface area contributed by atoms with Gasteiger partial charge in [-0.15, -0.1) is 0 Å². The number of hydrogen-bond donors (Lipinski definition) is 2. The van der Waals surface area contributed by atoms with E-state index in [1.165, 1.54) is 25.5 Å². The van der Waals surface area contributed by atoms with Crippen LogP contribution in [0.2, 0.25) is 5.02 Å². The SMILES string of the molecule is COc1c(Cl)ccc2oc3cc4c(c(O)c3c(=O)c12)[C@]1(O)C=CO[C@@H]1O4. The Morgan fingerprint density at radius 3 is 2.85 bits per heavy atom. The maximum atomic E-state index is 13.1. The van der Waals surface area contributed by atoms with Crippen LogP contribution < -0.4 is 14.9 Å². The Morgan fingerprint density at radius 2 is 2.08 bits per heavy atom. The average Bonchev–Trinajstić information content (AvgIpc) is 3.08. The van der Waals surface area contributed by atoms with E-state index in [4.69, 9.17) is 30.2 Å². The van der Waals surface area contributed by atoms with Gasteiger partial charge in [0.2, 0.25) is 5.43 Å². The number of ether oxygens (including phenoxy) is 3. The van der Waals surface area contributed by atoms with Gasteiger partial charge in [-0.05, 0) is 18.2 Å². The van der Waals surface area contributed by atoms with Crippen LogP contribution in [0.15, 0.2) is 39.7 Å². The summed E-state index contributed by atoms with van der Waals surface area (Å²) in [5.41, 5.74) is -1.81. The van der Waals surface area contributed by atoms with Crippen molar-refractivity contribution in [1.82, 2.24) is 0 Å². The van der Waals surface area contributed by atoms with Crippen molar-refractivity contribution < 1.29 is 28.8 Å². The maximum absolute atomic E-state index is 13.1. The first-order chi connectivity index (χ1) is 12.5. The molecule has 0 saturated carbocycles. The summed E-state index contributed by atoms with van der Waals surface area (Å²) in [5.74, 6) is -0.109. The molecule has 0 unspecified atom stereocenters. The minimum atomic E-state index is -1.69. The lowest BCUT2D eigenvalue weighted by atomic mass is 9.93. The number of fused-ring (bicyclic) bond motifs is 5. The molecule has 2 N–H and O–H groups in total. The third kappa shape index (κ3) is 1.69. The molecule has 0 saturated heterocycles. The lowest BCUT2D eigenvalue weighted by Crippen LogP contribution is -2.33. The average molecular weight is 375 g/mol. The third-order valence-electron chi connectivity index (χ3n) is 4.70. The molecule has 7 nitrogen and oxygen atoms in total. The van der Waals surface area contributed by atoms with Crippen molar-refractivity contribution in [3.63, 3.8) is 0 Å². The van der Waals surface area contributed by atoms with Gasteiger partial charge in [0, 0.05) is 6.07 Å². The molecule has 2 aliphatic heterocycles. The van der Waals surface area contributed by atoms with Crippen molar-refractivity contribution in [2.75, 3.05) is 7.11 Å². The normalized spacial score (nSPS) is 23.0. The summed E-state index contributed by atoms with van der Waals surface area (Å²) >= 11 is 6.10. The second-order valence-corrected chi connectivity index (χ2v) is 6.48. The highest BCUT2D eigenvalue weighted by atomic mass is 35.5. The molecule has 0 bridgehead atoms. The van der Waals surface area contributed by atoms with E-state index in [-0.39, 0.29) is 44.0 Å². The lowest BCUT2D eigenvalue weighted by Gasteiger charge is -2.18. The van der Waals surface area contributed by atoms with Gasteiger partial charge in [0.05, 0.1) is 24.0 Å². The van der Waals surface area contributed by atoms with Crippen LogP contribution in [0.1, 0.15) is 5.56 Å².